The molecule has 0 aliphatic rings. The van der Waals surface area contributed by atoms with Crippen molar-refractivity contribution in [2.75, 3.05) is 13.2 Å². The molecule has 0 amide bonds. The van der Waals surface area contributed by atoms with Crippen molar-refractivity contribution < 1.29 is 9.47 Å². The van der Waals surface area contributed by atoms with Crippen LogP contribution in [-0.2, 0) is 15.9 Å². The molecule has 294 valence electrons. The summed E-state index contributed by atoms with van der Waals surface area (Å²) in [5.74, 6) is 0. The summed E-state index contributed by atoms with van der Waals surface area (Å²) < 4.78 is 12.6. The summed E-state index contributed by atoms with van der Waals surface area (Å²) >= 11 is 7.58. The van der Waals surface area contributed by atoms with Gasteiger partial charge in [-0.3, -0.25) is 0 Å². The molecule has 2 nitrogen and oxygen atoms in total. The van der Waals surface area contributed by atoms with E-state index in [1.807, 2.05) is 0 Å². The van der Waals surface area contributed by atoms with Gasteiger partial charge in [-0.25, -0.2) is 0 Å². The Balaban J connectivity index is 1.30. The first-order valence-corrected chi connectivity index (χ1v) is 24.6. The van der Waals surface area contributed by atoms with Crippen LogP contribution >= 0.6 is 17.9 Å². The van der Waals surface area contributed by atoms with E-state index >= 15 is 0 Å². The third kappa shape index (κ3) is 19.5. The molecular weight excluding hydrogens is 687 g/mol. The van der Waals surface area contributed by atoms with Crippen molar-refractivity contribution >= 4 is 33.8 Å². The SMILES string of the molecule is CCCCCCCCCCOC(CCCCC/C=C\CCCc1ccc([P+](Cl)(c2ccccc2)c2ccccc2)cc1)OCCCCCCCCCC. The Morgan fingerprint density at radius 2 is 0.887 bits per heavy atom. The van der Waals surface area contributed by atoms with Gasteiger partial charge < -0.3 is 9.47 Å². The lowest BCUT2D eigenvalue weighted by atomic mass is 10.1. The molecule has 0 heterocycles. The fourth-order valence-electron chi connectivity index (χ4n) is 7.11. The largest absolute Gasteiger partial charge is 0.353 e. The molecule has 0 spiro atoms. The van der Waals surface area contributed by atoms with Gasteiger partial charge >= 0.3 is 0 Å². The van der Waals surface area contributed by atoms with Gasteiger partial charge in [0, 0.05) is 13.2 Å². The molecule has 53 heavy (non-hydrogen) atoms. The number of allylic oxidation sites excluding steroid dienone is 2. The number of unbranched alkanes of at least 4 members (excludes halogenated alkanes) is 18. The summed E-state index contributed by atoms with van der Waals surface area (Å²) in [6.45, 7) is 4.09. The van der Waals surface area contributed by atoms with Crippen LogP contribution in [0.1, 0.15) is 167 Å². The van der Waals surface area contributed by atoms with Crippen LogP contribution in [0.3, 0.4) is 0 Å². The Hall–Kier alpha value is -1.96. The molecule has 0 saturated heterocycles. The lowest BCUT2D eigenvalue weighted by molar-refractivity contribution is -0.148. The highest BCUT2D eigenvalue weighted by molar-refractivity contribution is 8.14. The molecule has 3 rings (SSSR count). The zero-order chi connectivity index (χ0) is 37.5. The molecule has 0 fully saturated rings. The van der Waals surface area contributed by atoms with E-state index in [1.54, 1.807) is 0 Å². The molecule has 0 N–H and O–H groups in total. The van der Waals surface area contributed by atoms with Gasteiger partial charge in [0.25, 0.3) is 0 Å². The van der Waals surface area contributed by atoms with Gasteiger partial charge in [0.2, 0.25) is 6.62 Å². The van der Waals surface area contributed by atoms with E-state index in [2.05, 4.69) is 111 Å². The minimum Gasteiger partial charge on any atom is -0.353 e. The number of aryl methyl sites for hydroxylation is 1. The maximum Gasteiger partial charge on any atom is 0.210 e. The zero-order valence-corrected chi connectivity index (χ0v) is 35.5. The Morgan fingerprint density at radius 1 is 0.472 bits per heavy atom. The minimum absolute atomic E-state index is 0.0203. The first-order valence-electron chi connectivity index (χ1n) is 21.9. The Bertz CT molecular complexity index is 1220. The molecule has 0 aliphatic carbocycles. The van der Waals surface area contributed by atoms with Crippen molar-refractivity contribution in [2.45, 2.75) is 174 Å². The van der Waals surface area contributed by atoms with Gasteiger partial charge in [-0.2, -0.15) is 0 Å². The standard InChI is InChI=1S/C49H75ClO2P/c1-3-5-7-9-11-17-21-31-43-51-49(52-44-32-22-18-12-10-8-6-4-2)38-30-20-16-14-13-15-19-25-33-45-39-41-48(42-40-45)53(50,46-34-26-23-27-35-46)47-36-28-24-29-37-47/h13,15,23-24,26-29,34-37,39-42,49H,3-12,14,16-22,25,30-33,38,43-44H2,1-2H3/q+1/b15-13-. The van der Waals surface area contributed by atoms with Gasteiger partial charge in [-0.05, 0) is 99.7 Å². The zero-order valence-electron chi connectivity index (χ0n) is 33.8. The molecule has 3 aromatic carbocycles. The van der Waals surface area contributed by atoms with E-state index in [0.29, 0.717) is 0 Å². The number of ether oxygens (including phenoxy) is 2. The van der Waals surface area contributed by atoms with Crippen molar-refractivity contribution in [3.8, 4) is 0 Å². The van der Waals surface area contributed by atoms with Crippen LogP contribution in [0.5, 0.6) is 0 Å². The molecule has 4 heteroatoms. The highest BCUT2D eigenvalue weighted by Crippen LogP contribution is 2.60. The molecule has 0 atom stereocenters. The van der Waals surface area contributed by atoms with Crippen molar-refractivity contribution in [1.82, 2.24) is 0 Å². The second kappa shape index (κ2) is 30.3. The summed E-state index contributed by atoms with van der Waals surface area (Å²) in [6.07, 6.45) is 35.4. The molecule has 0 aliphatic heterocycles. The number of benzene rings is 3. The summed E-state index contributed by atoms with van der Waals surface area (Å²) in [5, 5.41) is 3.63. The molecule has 0 aromatic heterocycles. The van der Waals surface area contributed by atoms with Crippen molar-refractivity contribution in [1.29, 1.82) is 0 Å². The van der Waals surface area contributed by atoms with Crippen molar-refractivity contribution in [2.24, 2.45) is 0 Å². The van der Waals surface area contributed by atoms with Crippen LogP contribution in [0.4, 0.5) is 0 Å². The molecule has 0 radical (unpaired) electrons. The lowest BCUT2D eigenvalue weighted by Gasteiger charge is -2.19. The average molecular weight is 763 g/mol. The van der Waals surface area contributed by atoms with E-state index in [0.717, 1.165) is 38.9 Å². The molecule has 0 saturated carbocycles. The highest BCUT2D eigenvalue weighted by Gasteiger charge is 2.44. The average Bonchev–Trinajstić information content (AvgIpc) is 3.20. The van der Waals surface area contributed by atoms with Crippen LogP contribution in [0, 0.1) is 0 Å². The van der Waals surface area contributed by atoms with Crippen LogP contribution < -0.4 is 15.9 Å². The third-order valence-corrected chi connectivity index (χ3v) is 15.2. The maximum absolute atomic E-state index is 7.58. The van der Waals surface area contributed by atoms with E-state index < -0.39 is 6.62 Å². The highest BCUT2D eigenvalue weighted by atomic mass is 35.7. The van der Waals surface area contributed by atoms with Gasteiger partial charge in [0.15, 0.2) is 6.29 Å². The molecular formula is C49H75ClO2P+. The smallest absolute Gasteiger partial charge is 0.210 e. The number of hydrogen-bond acceptors (Lipinski definition) is 2. The molecule has 0 bridgehead atoms. The summed E-state index contributed by atoms with van der Waals surface area (Å²) in [5.41, 5.74) is 1.38. The van der Waals surface area contributed by atoms with Crippen LogP contribution in [0.2, 0.25) is 0 Å². The summed E-state index contributed by atoms with van der Waals surface area (Å²) in [4.78, 5) is 0. The van der Waals surface area contributed by atoms with Crippen molar-refractivity contribution in [3.05, 3.63) is 103 Å². The quantitative estimate of drug-likeness (QED) is 0.0266. The number of hydrogen-bond donors (Lipinski definition) is 0. The van der Waals surface area contributed by atoms with Crippen LogP contribution in [-0.4, -0.2) is 19.5 Å². The first kappa shape index (κ1) is 45.4. The van der Waals surface area contributed by atoms with Gasteiger partial charge in [-0.1, -0.05) is 171 Å². The van der Waals surface area contributed by atoms with Crippen LogP contribution in [0.25, 0.3) is 0 Å². The van der Waals surface area contributed by atoms with Gasteiger partial charge in [0.1, 0.15) is 27.2 Å². The molecule has 3 aromatic rings. The first-order chi connectivity index (χ1) is 26.2. The normalized spacial score (nSPS) is 12.0. The second-order valence-electron chi connectivity index (χ2n) is 15.0. The maximum atomic E-state index is 7.58. The van der Waals surface area contributed by atoms with E-state index in [4.69, 9.17) is 20.7 Å². The Morgan fingerprint density at radius 3 is 1.38 bits per heavy atom. The van der Waals surface area contributed by atoms with E-state index in [-0.39, 0.29) is 6.29 Å². The van der Waals surface area contributed by atoms with Crippen LogP contribution in [0.15, 0.2) is 97.1 Å². The number of rotatable bonds is 33. The molecule has 0 unspecified atom stereocenters. The van der Waals surface area contributed by atoms with E-state index in [1.165, 1.54) is 150 Å². The Kier molecular flexibility index (Phi) is 26.0. The Labute approximate surface area is 332 Å². The topological polar surface area (TPSA) is 18.5 Å². The second-order valence-corrected chi connectivity index (χ2v) is 19.3. The fraction of sp³-hybridized carbons (Fsp3) is 0.592. The lowest BCUT2D eigenvalue weighted by Crippen LogP contribution is -2.27. The predicted molar refractivity (Wildman–Crippen MR) is 237 cm³/mol. The number of halogens is 1. The third-order valence-electron chi connectivity index (χ3n) is 10.4. The monoisotopic (exact) mass is 762 g/mol. The predicted octanol–water partition coefficient (Wildman–Crippen LogP) is 14.6. The minimum atomic E-state index is -2.18. The van der Waals surface area contributed by atoms with Gasteiger partial charge in [0.05, 0.1) is 0 Å². The van der Waals surface area contributed by atoms with E-state index in [9.17, 15) is 0 Å². The van der Waals surface area contributed by atoms with Gasteiger partial charge in [-0.15, -0.1) is 0 Å². The summed E-state index contributed by atoms with van der Waals surface area (Å²) in [7, 11) is 0. The summed E-state index contributed by atoms with van der Waals surface area (Å²) in [6, 6.07) is 30.3. The fourth-order valence-corrected chi connectivity index (χ4v) is 10.7. The van der Waals surface area contributed by atoms with Crippen molar-refractivity contribution in [3.63, 3.8) is 0 Å².